The Morgan fingerprint density at radius 3 is 1.00 bits per heavy atom. The molecule has 0 aromatic rings. The maximum atomic E-state index is 0. The molecule has 0 rings (SSSR count). The van der Waals surface area contributed by atoms with E-state index in [1.165, 1.54) is 0 Å². The molecule has 5 heteroatoms. The maximum absolute atomic E-state index is 0. The van der Waals surface area contributed by atoms with Crippen LogP contribution in [0, 0.1) is 0 Å². The predicted molar refractivity (Wildman–Crippen MR) is 38.4 cm³/mol. The Hall–Kier alpha value is 3.36. The van der Waals surface area contributed by atoms with Crippen LogP contribution >= 0.6 is 0 Å². The van der Waals surface area contributed by atoms with E-state index in [0.29, 0.717) is 0 Å². The van der Waals surface area contributed by atoms with Gasteiger partial charge in [0.2, 0.25) is 0 Å². The molecule has 0 aliphatic carbocycles. The average Bonchev–Trinajstić information content (AvgIpc) is 0. The Morgan fingerprint density at radius 1 is 1.00 bits per heavy atom. The molecule has 0 aromatic heterocycles. The van der Waals surface area contributed by atoms with Crippen molar-refractivity contribution in [3.63, 3.8) is 0 Å². The van der Waals surface area contributed by atoms with E-state index >= 15 is 0 Å². The van der Waals surface area contributed by atoms with Gasteiger partial charge in [-0.3, -0.25) is 0 Å². The van der Waals surface area contributed by atoms with Crippen molar-refractivity contribution >= 4 is 86.9 Å². The van der Waals surface area contributed by atoms with Crippen molar-refractivity contribution < 1.29 is 17.1 Å². The van der Waals surface area contributed by atoms with Crippen LogP contribution in [0.25, 0.3) is 0 Å². The van der Waals surface area contributed by atoms with Crippen molar-refractivity contribution in [1.29, 1.82) is 0 Å². The van der Waals surface area contributed by atoms with Gasteiger partial charge in [-0.15, -0.1) is 0 Å². The summed E-state index contributed by atoms with van der Waals surface area (Å²) >= 11 is 0. The fourth-order valence-corrected chi connectivity index (χ4v) is 0. The molecule has 0 nitrogen and oxygen atoms in total. The Kier molecular flexibility index (Phi) is 212. The van der Waals surface area contributed by atoms with Gasteiger partial charge in [-0.25, -0.2) is 0 Å². The minimum absolute atomic E-state index is 0. The van der Waals surface area contributed by atoms with Crippen molar-refractivity contribution in [2.45, 2.75) is 0 Å². The molecule has 0 saturated carbocycles. The fourth-order valence-electron chi connectivity index (χ4n) is 0. The molecule has 0 bridgehead atoms. The van der Waals surface area contributed by atoms with E-state index in [-0.39, 0.29) is 104 Å². The topological polar surface area (TPSA) is 0 Å². The van der Waals surface area contributed by atoms with Crippen molar-refractivity contribution in [3.05, 3.63) is 0 Å². The summed E-state index contributed by atoms with van der Waals surface area (Å²) in [4.78, 5) is 0. The molecule has 0 fully saturated rings. The molecule has 0 saturated heterocycles. The van der Waals surface area contributed by atoms with Crippen LogP contribution in [0.3, 0.4) is 0 Å². The van der Waals surface area contributed by atoms with Gasteiger partial charge in [0.05, 0.1) is 0 Å². The Bertz CT molecular complexity index is 11.6. The SMILES string of the molecule is [AlH3].[GaH3].[InH3].[Mn].[SnH2]. The molecule has 0 atom stereocenters. The molecule has 5 heavy (non-hydrogen) atoms. The third-order valence-electron chi connectivity index (χ3n) is 0. The number of hydrogen-bond acceptors (Lipinski definition) is 0. The van der Waals surface area contributed by atoms with Gasteiger partial charge in [-0.1, -0.05) is 0 Å². The molecule has 0 N–H and O–H groups in total. The minimum atomic E-state index is 0. The third-order valence-corrected chi connectivity index (χ3v) is 0. The monoisotopic (exact) mass is 397 g/mol. The van der Waals surface area contributed by atoms with Crippen LogP contribution in [0.2, 0.25) is 0 Å². The van der Waals surface area contributed by atoms with E-state index in [1.807, 2.05) is 0 Å². The Labute approximate surface area is 102 Å². The van der Waals surface area contributed by atoms with Crippen molar-refractivity contribution in [2.75, 3.05) is 0 Å². The van der Waals surface area contributed by atoms with E-state index in [4.69, 9.17) is 0 Å². The molecule has 0 amide bonds. The first-order valence-electron chi connectivity index (χ1n) is 0. The van der Waals surface area contributed by atoms with Gasteiger partial charge in [0.25, 0.3) is 0 Å². The van der Waals surface area contributed by atoms with Crippen LogP contribution in [0.4, 0.5) is 0 Å². The van der Waals surface area contributed by atoms with Gasteiger partial charge in [0.1, 0.15) is 0 Å². The zero-order valence-electron chi connectivity index (χ0n) is 1.09. The second-order valence-electron chi connectivity index (χ2n) is 0. The summed E-state index contributed by atoms with van der Waals surface area (Å²) in [7, 11) is 0. The van der Waals surface area contributed by atoms with Gasteiger partial charge in [0, 0.05) is 17.1 Å². The van der Waals surface area contributed by atoms with Gasteiger partial charge in [-0.05, 0) is 0 Å². The molecule has 0 aromatic carbocycles. The van der Waals surface area contributed by atoms with Crippen LogP contribution in [0.15, 0.2) is 0 Å². The summed E-state index contributed by atoms with van der Waals surface area (Å²) in [5.74, 6) is 0. The van der Waals surface area contributed by atoms with Crippen LogP contribution in [0.5, 0.6) is 0 Å². The van der Waals surface area contributed by atoms with E-state index in [9.17, 15) is 0 Å². The third kappa shape index (κ3) is 18.7. The van der Waals surface area contributed by atoms with E-state index in [0.717, 1.165) is 0 Å². The second-order valence-corrected chi connectivity index (χ2v) is 0. The van der Waals surface area contributed by atoms with Crippen molar-refractivity contribution in [2.24, 2.45) is 0 Å². The van der Waals surface area contributed by atoms with E-state index < -0.39 is 0 Å². The predicted octanol–water partition coefficient (Wildman–Crippen LogP) is -4.47. The number of hydrogen-bond donors (Lipinski definition) is 0. The molecule has 31 valence electrons. The zero-order chi connectivity index (χ0) is 0. The molecular formula is H11AlGaInMnSn. The summed E-state index contributed by atoms with van der Waals surface area (Å²) in [6, 6.07) is 0. The second kappa shape index (κ2) is 26.4. The summed E-state index contributed by atoms with van der Waals surface area (Å²) in [6.07, 6.45) is 0. The van der Waals surface area contributed by atoms with E-state index in [2.05, 4.69) is 0 Å². The summed E-state index contributed by atoms with van der Waals surface area (Å²) in [5.41, 5.74) is 0. The van der Waals surface area contributed by atoms with Gasteiger partial charge < -0.3 is 0 Å². The first-order valence-corrected chi connectivity index (χ1v) is 0. The first kappa shape index (κ1) is 40.1. The quantitative estimate of drug-likeness (QED) is 0.363. The van der Waals surface area contributed by atoms with Crippen LogP contribution in [0.1, 0.15) is 0 Å². The molecule has 0 aliphatic heterocycles. The van der Waals surface area contributed by atoms with Gasteiger partial charge in [0.15, 0.2) is 17.4 Å². The molecule has 0 heterocycles. The number of rotatable bonds is 0. The van der Waals surface area contributed by atoms with Crippen LogP contribution in [-0.2, 0) is 17.1 Å². The van der Waals surface area contributed by atoms with Gasteiger partial charge >= 0.3 is 69.5 Å². The summed E-state index contributed by atoms with van der Waals surface area (Å²) in [6.45, 7) is 0. The van der Waals surface area contributed by atoms with Crippen LogP contribution < -0.4 is 0 Å². The Balaban J connectivity index is 0. The molecule has 0 aliphatic rings. The molecule has 0 unspecified atom stereocenters. The fraction of sp³-hybridized carbons (Fsp3) is 0. The average molecular weight is 396 g/mol. The summed E-state index contributed by atoms with van der Waals surface area (Å²) < 4.78 is 0. The molecule has 0 spiro atoms. The van der Waals surface area contributed by atoms with Crippen molar-refractivity contribution in [1.82, 2.24) is 0 Å². The van der Waals surface area contributed by atoms with Crippen molar-refractivity contribution in [3.8, 4) is 0 Å². The molecule has 3 radical (unpaired) electrons. The van der Waals surface area contributed by atoms with E-state index in [1.54, 1.807) is 0 Å². The normalized spacial score (nSPS) is 0. The summed E-state index contributed by atoms with van der Waals surface area (Å²) in [5, 5.41) is 0. The first-order chi connectivity index (χ1) is 0. The standard InChI is InChI=1S/Al.Ga.In.Mn.Sn.11H. The van der Waals surface area contributed by atoms with Crippen LogP contribution in [-0.4, -0.2) is 86.9 Å². The molecular weight excluding hydrogens is 385 g/mol. The Morgan fingerprint density at radius 2 is 1.00 bits per heavy atom. The van der Waals surface area contributed by atoms with Gasteiger partial charge in [-0.2, -0.15) is 0 Å². The zero-order valence-corrected chi connectivity index (χ0v) is 6.30.